The quantitative estimate of drug-likeness (QED) is 0.752. The molecule has 1 aliphatic carbocycles. The average Bonchev–Trinajstić information content (AvgIpc) is 2.54. The highest BCUT2D eigenvalue weighted by molar-refractivity contribution is 5.96. The number of ether oxygens (including phenoxy) is 1. The van der Waals surface area contributed by atoms with E-state index in [-0.39, 0.29) is 5.91 Å². The molecular formula is C17H25N3O3. The molecule has 2 rings (SSSR count). The minimum Gasteiger partial charge on any atom is -0.493 e. The molecule has 1 saturated carbocycles. The Bertz CT molecular complexity index is 524. The lowest BCUT2D eigenvalue weighted by Gasteiger charge is -2.21. The molecule has 23 heavy (non-hydrogen) atoms. The third-order valence-electron chi connectivity index (χ3n) is 4.08. The number of amides is 3. The Morgan fingerprint density at radius 2 is 1.87 bits per heavy atom. The lowest BCUT2D eigenvalue weighted by atomic mass is 9.90. The lowest BCUT2D eigenvalue weighted by Crippen LogP contribution is -2.44. The number of anilines is 1. The van der Waals surface area contributed by atoms with Gasteiger partial charge in [-0.15, -0.1) is 0 Å². The van der Waals surface area contributed by atoms with Crippen molar-refractivity contribution in [3.05, 3.63) is 24.3 Å². The molecule has 1 aliphatic rings. The fourth-order valence-electron chi connectivity index (χ4n) is 2.73. The van der Waals surface area contributed by atoms with Crippen molar-refractivity contribution < 1.29 is 14.3 Å². The zero-order valence-electron chi connectivity index (χ0n) is 13.5. The summed E-state index contributed by atoms with van der Waals surface area (Å²) >= 11 is 0. The average molecular weight is 319 g/mol. The van der Waals surface area contributed by atoms with Crippen LogP contribution < -0.4 is 21.1 Å². The van der Waals surface area contributed by atoms with E-state index in [9.17, 15) is 9.59 Å². The van der Waals surface area contributed by atoms with E-state index in [4.69, 9.17) is 10.5 Å². The highest BCUT2D eigenvalue weighted by Gasteiger charge is 2.15. The van der Waals surface area contributed by atoms with E-state index < -0.39 is 12.1 Å². The van der Waals surface area contributed by atoms with Crippen LogP contribution in [0.1, 0.15) is 39.0 Å². The molecule has 0 unspecified atom stereocenters. The predicted octanol–water partition coefficient (Wildman–Crippen LogP) is 2.64. The molecule has 6 heteroatoms. The zero-order chi connectivity index (χ0) is 16.7. The molecule has 0 bridgehead atoms. The van der Waals surface area contributed by atoms with E-state index in [1.165, 1.54) is 32.1 Å². The summed E-state index contributed by atoms with van der Waals surface area (Å²) < 4.78 is 5.82. The summed E-state index contributed by atoms with van der Waals surface area (Å²) in [6.45, 7) is 2.33. The molecule has 1 fully saturated rings. The van der Waals surface area contributed by atoms with Gasteiger partial charge in [0.15, 0.2) is 0 Å². The van der Waals surface area contributed by atoms with E-state index in [0.717, 1.165) is 12.4 Å². The van der Waals surface area contributed by atoms with Crippen molar-refractivity contribution in [2.45, 2.75) is 45.1 Å². The smallest absolute Gasteiger partial charge is 0.312 e. The van der Waals surface area contributed by atoms with Gasteiger partial charge in [0.2, 0.25) is 5.91 Å². The topological polar surface area (TPSA) is 93.5 Å². The molecular weight excluding hydrogens is 294 g/mol. The molecule has 1 aromatic carbocycles. The van der Waals surface area contributed by atoms with Crippen molar-refractivity contribution in [1.29, 1.82) is 0 Å². The van der Waals surface area contributed by atoms with Crippen molar-refractivity contribution in [2.24, 2.45) is 11.7 Å². The van der Waals surface area contributed by atoms with Gasteiger partial charge in [-0.3, -0.25) is 4.79 Å². The maximum Gasteiger partial charge on any atom is 0.312 e. The SMILES string of the molecule is C[C@@H](NC(N)=O)C(=O)Nc1ccc(OCC2CCCCC2)cc1. The minimum absolute atomic E-state index is 0.320. The van der Waals surface area contributed by atoms with Gasteiger partial charge < -0.3 is 21.1 Å². The van der Waals surface area contributed by atoms with Crippen LogP contribution in [0.3, 0.4) is 0 Å². The zero-order valence-corrected chi connectivity index (χ0v) is 13.5. The van der Waals surface area contributed by atoms with Crippen LogP contribution in [0.4, 0.5) is 10.5 Å². The second-order valence-corrected chi connectivity index (χ2v) is 6.06. The van der Waals surface area contributed by atoms with Crippen LogP contribution in [0, 0.1) is 5.92 Å². The largest absolute Gasteiger partial charge is 0.493 e. The molecule has 126 valence electrons. The first-order valence-corrected chi connectivity index (χ1v) is 8.14. The molecule has 0 heterocycles. The summed E-state index contributed by atoms with van der Waals surface area (Å²) in [6, 6.07) is 5.83. The van der Waals surface area contributed by atoms with Gasteiger partial charge in [-0.1, -0.05) is 19.3 Å². The van der Waals surface area contributed by atoms with Crippen molar-refractivity contribution >= 4 is 17.6 Å². The Morgan fingerprint density at radius 1 is 1.22 bits per heavy atom. The van der Waals surface area contributed by atoms with E-state index in [1.807, 2.05) is 12.1 Å². The van der Waals surface area contributed by atoms with Crippen molar-refractivity contribution in [1.82, 2.24) is 5.32 Å². The van der Waals surface area contributed by atoms with Gasteiger partial charge >= 0.3 is 6.03 Å². The number of rotatable bonds is 6. The van der Waals surface area contributed by atoms with Gasteiger partial charge in [-0.2, -0.15) is 0 Å². The normalized spacial score (nSPS) is 16.4. The first kappa shape index (κ1) is 17.1. The molecule has 0 spiro atoms. The summed E-state index contributed by atoms with van der Waals surface area (Å²) in [7, 11) is 0. The Hall–Kier alpha value is -2.24. The Kier molecular flexibility index (Phi) is 6.26. The summed E-state index contributed by atoms with van der Waals surface area (Å²) in [6.07, 6.45) is 6.44. The first-order valence-electron chi connectivity index (χ1n) is 8.14. The Morgan fingerprint density at radius 3 is 2.48 bits per heavy atom. The number of nitrogens with two attached hydrogens (primary N) is 1. The van der Waals surface area contributed by atoms with Crippen molar-refractivity contribution in [3.63, 3.8) is 0 Å². The van der Waals surface area contributed by atoms with Crippen LogP contribution in [0.15, 0.2) is 24.3 Å². The molecule has 1 atom stereocenters. The second-order valence-electron chi connectivity index (χ2n) is 6.06. The number of hydrogen-bond donors (Lipinski definition) is 3. The summed E-state index contributed by atoms with van der Waals surface area (Å²) in [4.78, 5) is 22.6. The fourth-order valence-corrected chi connectivity index (χ4v) is 2.73. The molecule has 0 aromatic heterocycles. The van der Waals surface area contributed by atoms with Crippen LogP contribution in [0.2, 0.25) is 0 Å². The second kappa shape index (κ2) is 8.41. The number of carbonyl (C=O) groups excluding carboxylic acids is 2. The summed E-state index contributed by atoms with van der Waals surface area (Å²) in [5.74, 6) is 1.14. The third kappa shape index (κ3) is 5.81. The predicted molar refractivity (Wildman–Crippen MR) is 89.3 cm³/mol. The van der Waals surface area contributed by atoms with Gasteiger partial charge in [0.25, 0.3) is 0 Å². The van der Waals surface area contributed by atoms with Gasteiger partial charge in [0.1, 0.15) is 11.8 Å². The number of carbonyl (C=O) groups is 2. The summed E-state index contributed by atoms with van der Waals surface area (Å²) in [5.41, 5.74) is 5.64. The standard InChI is InChI=1S/C17H25N3O3/c1-12(19-17(18)22)16(21)20-14-7-9-15(10-8-14)23-11-13-5-3-2-4-6-13/h7-10,12-13H,2-6,11H2,1H3,(H,20,21)(H3,18,19,22)/t12-/m1/s1. The fraction of sp³-hybridized carbons (Fsp3) is 0.529. The number of nitrogens with one attached hydrogen (secondary N) is 2. The molecule has 0 radical (unpaired) electrons. The molecule has 1 aromatic rings. The van der Waals surface area contributed by atoms with Crippen LogP contribution in [-0.4, -0.2) is 24.6 Å². The molecule has 0 aliphatic heterocycles. The van der Waals surface area contributed by atoms with Crippen molar-refractivity contribution in [2.75, 3.05) is 11.9 Å². The van der Waals surface area contributed by atoms with Gasteiger partial charge in [0, 0.05) is 5.69 Å². The van der Waals surface area contributed by atoms with Crippen LogP contribution >= 0.6 is 0 Å². The molecule has 0 saturated heterocycles. The molecule has 3 amide bonds. The maximum absolute atomic E-state index is 11.9. The van der Waals surface area contributed by atoms with Crippen LogP contribution in [0.25, 0.3) is 0 Å². The monoisotopic (exact) mass is 319 g/mol. The lowest BCUT2D eigenvalue weighted by molar-refractivity contribution is -0.117. The van der Waals surface area contributed by atoms with E-state index >= 15 is 0 Å². The van der Waals surface area contributed by atoms with Gasteiger partial charge in [-0.05, 0) is 49.9 Å². The Labute approximate surface area is 136 Å². The number of hydrogen-bond acceptors (Lipinski definition) is 3. The maximum atomic E-state index is 11.9. The molecule has 6 nitrogen and oxygen atoms in total. The van der Waals surface area contributed by atoms with Crippen LogP contribution in [0.5, 0.6) is 5.75 Å². The minimum atomic E-state index is -0.723. The van der Waals surface area contributed by atoms with E-state index in [2.05, 4.69) is 10.6 Å². The van der Waals surface area contributed by atoms with Gasteiger partial charge in [0.05, 0.1) is 6.61 Å². The highest BCUT2D eigenvalue weighted by atomic mass is 16.5. The number of primary amides is 1. The Balaban J connectivity index is 1.79. The van der Waals surface area contributed by atoms with Crippen molar-refractivity contribution in [3.8, 4) is 5.75 Å². The number of urea groups is 1. The highest BCUT2D eigenvalue weighted by Crippen LogP contribution is 2.25. The summed E-state index contributed by atoms with van der Waals surface area (Å²) in [5, 5.41) is 5.05. The van der Waals surface area contributed by atoms with E-state index in [0.29, 0.717) is 11.6 Å². The van der Waals surface area contributed by atoms with E-state index in [1.54, 1.807) is 19.1 Å². The third-order valence-corrected chi connectivity index (χ3v) is 4.08. The number of benzene rings is 1. The van der Waals surface area contributed by atoms with Crippen LogP contribution in [-0.2, 0) is 4.79 Å². The first-order chi connectivity index (χ1) is 11.0. The van der Waals surface area contributed by atoms with Gasteiger partial charge in [-0.25, -0.2) is 4.79 Å². The molecule has 4 N–H and O–H groups in total.